The molecule has 10 nitrogen and oxygen atoms in total. The summed E-state index contributed by atoms with van der Waals surface area (Å²) >= 11 is 0. The van der Waals surface area contributed by atoms with Gasteiger partial charge in [0.25, 0.3) is 5.91 Å². The first-order valence-corrected chi connectivity index (χ1v) is 18.0. The number of hydrogen-bond donors (Lipinski definition) is 2. The molecule has 4 aromatic rings. The standard InChI is InChI=1S/C31H34FN3O7S2/c1-33-31(36)29-26-17-25(20-5-6-20)27(35(44(3,39)40)16-4-15-34-19-43(2,37)38)18-28(26)42-30(29)21-7-11-23(12-8-21)41-24-13-9-22(32)10-14-24/h7-14,17-18,20,34H,4-6,15-16,19H2,1-3H3,(H,33,36). The molecule has 3 aromatic carbocycles. The topological polar surface area (TPSA) is 135 Å². The zero-order chi connectivity index (χ0) is 31.6. The van der Waals surface area contributed by atoms with Crippen LogP contribution >= 0.6 is 0 Å². The molecule has 1 fully saturated rings. The highest BCUT2D eigenvalue weighted by Crippen LogP contribution is 2.48. The Labute approximate surface area is 256 Å². The van der Waals surface area contributed by atoms with E-state index < -0.39 is 19.9 Å². The van der Waals surface area contributed by atoms with Crippen molar-refractivity contribution in [2.24, 2.45) is 0 Å². The lowest BCUT2D eigenvalue weighted by atomic mass is 10.0. The normalized spacial score (nSPS) is 13.6. The SMILES string of the molecule is CNC(=O)c1c(-c2ccc(Oc3ccc(F)cc3)cc2)oc2cc(N(CCCNCS(C)(=O)=O)S(C)(=O)=O)c(C3CC3)cc12. The number of hydrogen-bond acceptors (Lipinski definition) is 8. The zero-order valence-electron chi connectivity index (χ0n) is 24.6. The van der Waals surface area contributed by atoms with Crippen LogP contribution in [0.3, 0.4) is 0 Å². The van der Waals surface area contributed by atoms with E-state index in [9.17, 15) is 26.0 Å². The largest absolute Gasteiger partial charge is 0.457 e. The molecule has 0 atom stereocenters. The fourth-order valence-electron chi connectivity index (χ4n) is 5.02. The first-order chi connectivity index (χ1) is 20.8. The maximum absolute atomic E-state index is 13.3. The van der Waals surface area contributed by atoms with E-state index in [1.807, 2.05) is 6.07 Å². The first kappa shape index (κ1) is 31.5. The van der Waals surface area contributed by atoms with Crippen LogP contribution in [0, 0.1) is 5.82 Å². The minimum absolute atomic E-state index is 0.131. The Hall–Kier alpha value is -3.94. The lowest BCUT2D eigenvalue weighted by molar-refractivity contribution is 0.0964. The van der Waals surface area contributed by atoms with Crippen molar-refractivity contribution in [3.8, 4) is 22.8 Å². The molecule has 1 amide bonds. The molecule has 1 aromatic heterocycles. The summed E-state index contributed by atoms with van der Waals surface area (Å²) in [5.74, 6) is 0.525. The van der Waals surface area contributed by atoms with E-state index in [1.165, 1.54) is 35.6 Å². The van der Waals surface area contributed by atoms with E-state index in [0.717, 1.165) is 30.9 Å². The summed E-state index contributed by atoms with van der Waals surface area (Å²) in [5, 5.41) is 6.09. The number of carbonyl (C=O) groups is 1. The lowest BCUT2D eigenvalue weighted by Gasteiger charge is -2.25. The first-order valence-electron chi connectivity index (χ1n) is 14.1. The molecule has 1 aliphatic rings. The molecular formula is C31H34FN3O7S2. The van der Waals surface area contributed by atoms with Crippen LogP contribution in [-0.2, 0) is 19.9 Å². The van der Waals surface area contributed by atoms with E-state index in [2.05, 4.69) is 10.6 Å². The van der Waals surface area contributed by atoms with Crippen molar-refractivity contribution in [1.82, 2.24) is 10.6 Å². The van der Waals surface area contributed by atoms with Crippen LogP contribution in [0.4, 0.5) is 10.1 Å². The monoisotopic (exact) mass is 643 g/mol. The third-order valence-electron chi connectivity index (χ3n) is 7.22. The molecule has 2 N–H and O–H groups in total. The van der Waals surface area contributed by atoms with E-state index >= 15 is 0 Å². The summed E-state index contributed by atoms with van der Waals surface area (Å²) in [6.45, 7) is 0.443. The molecule has 0 unspecified atom stereocenters. The van der Waals surface area contributed by atoms with Crippen molar-refractivity contribution in [2.75, 3.05) is 42.8 Å². The van der Waals surface area contributed by atoms with Crippen molar-refractivity contribution in [3.05, 3.63) is 77.6 Å². The molecule has 0 aliphatic heterocycles. The number of sulfonamides is 1. The highest BCUT2D eigenvalue weighted by molar-refractivity contribution is 7.92. The number of anilines is 1. The smallest absolute Gasteiger partial charge is 0.255 e. The van der Waals surface area contributed by atoms with Crippen molar-refractivity contribution >= 4 is 42.4 Å². The van der Waals surface area contributed by atoms with Crippen molar-refractivity contribution in [1.29, 1.82) is 0 Å². The molecule has 234 valence electrons. The second-order valence-electron chi connectivity index (χ2n) is 10.9. The highest BCUT2D eigenvalue weighted by atomic mass is 32.2. The number of halogens is 1. The molecule has 1 saturated carbocycles. The predicted octanol–water partition coefficient (Wildman–Crippen LogP) is 5.02. The van der Waals surface area contributed by atoms with Gasteiger partial charge in [0.05, 0.1) is 23.4 Å². The van der Waals surface area contributed by atoms with Crippen LogP contribution in [-0.4, -0.2) is 61.3 Å². The van der Waals surface area contributed by atoms with Crippen LogP contribution in [0.25, 0.3) is 22.3 Å². The van der Waals surface area contributed by atoms with E-state index in [-0.39, 0.29) is 30.1 Å². The second-order valence-corrected chi connectivity index (χ2v) is 15.0. The molecule has 44 heavy (non-hydrogen) atoms. The maximum atomic E-state index is 13.3. The predicted molar refractivity (Wildman–Crippen MR) is 168 cm³/mol. The Morgan fingerprint density at radius 2 is 1.64 bits per heavy atom. The van der Waals surface area contributed by atoms with Crippen molar-refractivity contribution in [2.45, 2.75) is 25.2 Å². The minimum atomic E-state index is -3.71. The Morgan fingerprint density at radius 1 is 1.00 bits per heavy atom. The fraction of sp³-hybridized carbons (Fsp3) is 0.323. The van der Waals surface area contributed by atoms with Gasteiger partial charge in [-0.3, -0.25) is 9.10 Å². The molecular weight excluding hydrogens is 609 g/mol. The number of rotatable bonds is 13. The number of carbonyl (C=O) groups excluding carboxylic acids is 1. The van der Waals surface area contributed by atoms with Crippen LogP contribution in [0.2, 0.25) is 0 Å². The second kappa shape index (κ2) is 12.6. The molecule has 5 rings (SSSR count). The molecule has 13 heteroatoms. The maximum Gasteiger partial charge on any atom is 0.255 e. The van der Waals surface area contributed by atoms with Gasteiger partial charge in [-0.1, -0.05) is 0 Å². The summed E-state index contributed by atoms with van der Waals surface area (Å²) in [5.41, 5.74) is 2.59. The zero-order valence-corrected chi connectivity index (χ0v) is 26.2. The van der Waals surface area contributed by atoms with E-state index in [0.29, 0.717) is 58.0 Å². The summed E-state index contributed by atoms with van der Waals surface area (Å²) in [6, 6.07) is 16.1. The van der Waals surface area contributed by atoms with Crippen molar-refractivity contribution in [3.63, 3.8) is 0 Å². The molecule has 1 heterocycles. The Morgan fingerprint density at radius 3 is 2.20 bits per heavy atom. The molecule has 0 radical (unpaired) electrons. The average molecular weight is 644 g/mol. The van der Waals surface area contributed by atoms with Crippen molar-refractivity contribution < 1.29 is 35.2 Å². The van der Waals surface area contributed by atoms with Gasteiger partial charge in [-0.2, -0.15) is 0 Å². The number of benzene rings is 3. The number of amides is 1. The highest BCUT2D eigenvalue weighted by Gasteiger charge is 2.33. The number of nitrogens with zero attached hydrogens (tertiary/aromatic N) is 1. The van der Waals surface area contributed by atoms with Crippen LogP contribution in [0.5, 0.6) is 11.5 Å². The number of nitrogens with one attached hydrogen (secondary N) is 2. The van der Waals surface area contributed by atoms with Crippen LogP contribution in [0.1, 0.15) is 41.1 Å². The Kier molecular flexibility index (Phi) is 9.00. The van der Waals surface area contributed by atoms with Gasteiger partial charge in [-0.05, 0) is 91.9 Å². The van der Waals surface area contributed by atoms with Crippen LogP contribution < -0.4 is 19.7 Å². The number of ether oxygens (including phenoxy) is 1. The lowest BCUT2D eigenvalue weighted by Crippen LogP contribution is -2.34. The number of sulfone groups is 1. The Bertz CT molecular complexity index is 1890. The van der Waals surface area contributed by atoms with Gasteiger partial charge >= 0.3 is 0 Å². The third-order valence-corrected chi connectivity index (χ3v) is 9.13. The summed E-state index contributed by atoms with van der Waals surface area (Å²) in [4.78, 5) is 13.2. The number of furan rings is 1. The Balaban J connectivity index is 1.51. The summed E-state index contributed by atoms with van der Waals surface area (Å²) in [7, 11) is -5.38. The molecule has 0 bridgehead atoms. The quantitative estimate of drug-likeness (QED) is 0.194. The van der Waals surface area contributed by atoms with Gasteiger partial charge in [0.1, 0.15) is 28.7 Å². The van der Waals surface area contributed by atoms with E-state index in [4.69, 9.17) is 9.15 Å². The molecule has 1 aliphatic carbocycles. The fourth-order valence-corrected chi connectivity index (χ4v) is 6.51. The summed E-state index contributed by atoms with van der Waals surface area (Å²) in [6.07, 6.45) is 4.42. The van der Waals surface area contributed by atoms with Gasteiger partial charge in [0.2, 0.25) is 10.0 Å². The molecule has 0 saturated heterocycles. The third kappa shape index (κ3) is 7.40. The van der Waals surface area contributed by atoms with Gasteiger partial charge in [0, 0.05) is 36.9 Å². The summed E-state index contributed by atoms with van der Waals surface area (Å²) < 4.78 is 75.5. The van der Waals surface area contributed by atoms with Gasteiger partial charge in [0.15, 0.2) is 9.84 Å². The van der Waals surface area contributed by atoms with Gasteiger partial charge < -0.3 is 19.8 Å². The average Bonchev–Trinajstić information content (AvgIpc) is 3.74. The van der Waals surface area contributed by atoms with Crippen LogP contribution in [0.15, 0.2) is 65.1 Å². The van der Waals surface area contributed by atoms with Gasteiger partial charge in [-0.15, -0.1) is 0 Å². The number of fused-ring (bicyclic) bond motifs is 1. The van der Waals surface area contributed by atoms with Gasteiger partial charge in [-0.25, -0.2) is 21.2 Å². The minimum Gasteiger partial charge on any atom is -0.457 e. The van der Waals surface area contributed by atoms with E-state index in [1.54, 1.807) is 30.3 Å². The molecule has 0 spiro atoms.